The maximum atomic E-state index is 11.9. The summed E-state index contributed by atoms with van der Waals surface area (Å²) in [6.07, 6.45) is 3.53. The molecule has 0 fully saturated rings. The summed E-state index contributed by atoms with van der Waals surface area (Å²) in [5.41, 5.74) is 0.505. The fraction of sp³-hybridized carbons (Fsp3) is 0.227. The van der Waals surface area contributed by atoms with Crippen molar-refractivity contribution < 1.29 is 33.6 Å². The van der Waals surface area contributed by atoms with Crippen molar-refractivity contribution in [3.05, 3.63) is 78.4 Å². The lowest BCUT2D eigenvalue weighted by Crippen LogP contribution is -2.11. The van der Waals surface area contributed by atoms with Gasteiger partial charge in [0.05, 0.1) is 24.3 Å². The maximum absolute atomic E-state index is 11.9. The van der Waals surface area contributed by atoms with Crippen LogP contribution in [0.2, 0.25) is 0 Å². The topological polar surface area (TPSA) is 88.1 Å². The number of ether oxygens (including phenoxy) is 2. The van der Waals surface area contributed by atoms with Gasteiger partial charge in [0, 0.05) is 6.08 Å². The smallest absolute Gasteiger partial charge is 0.386 e. The summed E-state index contributed by atoms with van der Waals surface area (Å²) < 4.78 is 10.5. The van der Waals surface area contributed by atoms with Crippen LogP contribution in [0.4, 0.5) is 0 Å². The van der Waals surface area contributed by atoms with Crippen molar-refractivity contribution in [1.82, 2.24) is 0 Å². The molecule has 2 aromatic rings. The zero-order valence-corrected chi connectivity index (χ0v) is 15.9. The number of unbranched alkanes of at least 4 members (excludes halogenated alkanes) is 2. The second-order valence-corrected chi connectivity index (χ2v) is 5.91. The van der Waals surface area contributed by atoms with Gasteiger partial charge in [-0.3, -0.25) is 0 Å². The predicted octanol–water partition coefficient (Wildman–Crippen LogP) is 3.89. The largest absolute Gasteiger partial charge is 0.494 e. The van der Waals surface area contributed by atoms with E-state index in [0.717, 1.165) is 25.3 Å². The van der Waals surface area contributed by atoms with E-state index in [1.165, 1.54) is 12.1 Å². The highest BCUT2D eigenvalue weighted by atomic mass is 17.2. The summed E-state index contributed by atoms with van der Waals surface area (Å²) in [5, 5.41) is 0. The molecule has 7 heteroatoms. The maximum Gasteiger partial charge on any atom is 0.386 e. The van der Waals surface area contributed by atoms with Gasteiger partial charge < -0.3 is 9.47 Å². The molecule has 0 N–H and O–H groups in total. The third kappa shape index (κ3) is 7.88. The van der Waals surface area contributed by atoms with Crippen molar-refractivity contribution in [3.63, 3.8) is 0 Å². The molecule has 0 aliphatic carbocycles. The number of carbonyl (C=O) groups is 3. The van der Waals surface area contributed by atoms with Gasteiger partial charge in [-0.05, 0) is 55.7 Å². The monoisotopic (exact) mass is 398 g/mol. The van der Waals surface area contributed by atoms with Crippen molar-refractivity contribution >= 4 is 17.9 Å². The number of hydrogen-bond acceptors (Lipinski definition) is 7. The fourth-order valence-electron chi connectivity index (χ4n) is 2.24. The minimum Gasteiger partial charge on any atom is -0.494 e. The first-order valence-corrected chi connectivity index (χ1v) is 9.10. The van der Waals surface area contributed by atoms with Gasteiger partial charge in [0.15, 0.2) is 0 Å². The van der Waals surface area contributed by atoms with Crippen molar-refractivity contribution in [2.45, 2.75) is 19.3 Å². The van der Waals surface area contributed by atoms with Crippen LogP contribution in [0.25, 0.3) is 0 Å². The molecular formula is C22H22O7. The molecule has 2 aromatic carbocycles. The summed E-state index contributed by atoms with van der Waals surface area (Å²) in [7, 11) is 0. The zero-order chi connectivity index (χ0) is 20.9. The zero-order valence-electron chi connectivity index (χ0n) is 15.9. The van der Waals surface area contributed by atoms with E-state index in [-0.39, 0.29) is 11.1 Å². The molecule has 0 amide bonds. The SMILES string of the molecule is C=CC(=O)OCCCCCOc1ccc(C(=O)OOC(=O)c2ccccc2)cc1. The predicted molar refractivity (Wildman–Crippen MR) is 104 cm³/mol. The summed E-state index contributed by atoms with van der Waals surface area (Å²) in [5.74, 6) is -1.36. The molecule has 0 saturated carbocycles. The van der Waals surface area contributed by atoms with Gasteiger partial charge >= 0.3 is 17.9 Å². The second kappa shape index (κ2) is 12.0. The molecule has 0 aliphatic rings. The van der Waals surface area contributed by atoms with Gasteiger partial charge in [0.2, 0.25) is 0 Å². The quantitative estimate of drug-likeness (QED) is 0.197. The third-order valence-corrected chi connectivity index (χ3v) is 3.76. The van der Waals surface area contributed by atoms with E-state index in [1.807, 2.05) is 0 Å². The number of esters is 1. The molecule has 0 aromatic heterocycles. The standard InChI is InChI=1S/C22H22O7/c1-2-20(23)27-16-8-4-7-15-26-19-13-11-18(12-14-19)22(25)29-28-21(24)17-9-5-3-6-10-17/h2-3,5-6,9-14H,1,4,7-8,15-16H2. The lowest BCUT2D eigenvalue weighted by Gasteiger charge is -2.07. The Morgan fingerprint density at radius 1 is 0.759 bits per heavy atom. The molecule has 0 bridgehead atoms. The van der Waals surface area contributed by atoms with Crippen LogP contribution in [0, 0.1) is 0 Å². The summed E-state index contributed by atoms with van der Waals surface area (Å²) in [4.78, 5) is 43.7. The Hall–Kier alpha value is -3.61. The van der Waals surface area contributed by atoms with Crippen LogP contribution < -0.4 is 4.74 Å². The Bertz CT molecular complexity index is 813. The summed E-state index contributed by atoms with van der Waals surface area (Å²) >= 11 is 0. The molecule has 0 atom stereocenters. The first-order valence-electron chi connectivity index (χ1n) is 9.10. The molecule has 152 valence electrons. The Balaban J connectivity index is 1.66. The van der Waals surface area contributed by atoms with Gasteiger partial charge in [-0.25, -0.2) is 24.2 Å². The lowest BCUT2D eigenvalue weighted by molar-refractivity contribution is -0.187. The van der Waals surface area contributed by atoms with Gasteiger partial charge in [-0.1, -0.05) is 24.8 Å². The van der Waals surface area contributed by atoms with E-state index in [9.17, 15) is 14.4 Å². The highest BCUT2D eigenvalue weighted by molar-refractivity contribution is 5.92. The van der Waals surface area contributed by atoms with Crippen LogP contribution in [-0.2, 0) is 19.3 Å². The van der Waals surface area contributed by atoms with Gasteiger partial charge in [0.25, 0.3) is 0 Å². The number of hydrogen-bond donors (Lipinski definition) is 0. The summed E-state index contributed by atoms with van der Waals surface area (Å²) in [6, 6.07) is 14.5. The average Bonchev–Trinajstić information content (AvgIpc) is 2.77. The van der Waals surface area contributed by atoms with Crippen molar-refractivity contribution in [2.24, 2.45) is 0 Å². The van der Waals surface area contributed by atoms with E-state index in [1.54, 1.807) is 42.5 Å². The number of benzene rings is 2. The molecule has 0 saturated heterocycles. The van der Waals surface area contributed by atoms with Crippen LogP contribution >= 0.6 is 0 Å². The van der Waals surface area contributed by atoms with Gasteiger partial charge in [0.1, 0.15) is 5.75 Å². The molecule has 2 rings (SSSR count). The molecule has 0 radical (unpaired) electrons. The third-order valence-electron chi connectivity index (χ3n) is 3.76. The highest BCUT2D eigenvalue weighted by Crippen LogP contribution is 2.14. The van der Waals surface area contributed by atoms with Crippen molar-refractivity contribution in [3.8, 4) is 5.75 Å². The minimum absolute atomic E-state index is 0.224. The van der Waals surface area contributed by atoms with Crippen LogP contribution in [0.15, 0.2) is 67.3 Å². The molecule has 7 nitrogen and oxygen atoms in total. The fourth-order valence-corrected chi connectivity index (χ4v) is 2.24. The van der Waals surface area contributed by atoms with E-state index in [4.69, 9.17) is 9.47 Å². The number of rotatable bonds is 10. The minimum atomic E-state index is -0.782. The van der Waals surface area contributed by atoms with Crippen molar-refractivity contribution in [2.75, 3.05) is 13.2 Å². The molecular weight excluding hydrogens is 376 g/mol. The lowest BCUT2D eigenvalue weighted by atomic mass is 10.2. The number of carbonyl (C=O) groups excluding carboxylic acids is 3. The highest BCUT2D eigenvalue weighted by Gasteiger charge is 2.13. The second-order valence-electron chi connectivity index (χ2n) is 5.91. The molecule has 0 aliphatic heterocycles. The Labute approximate surface area is 168 Å². The van der Waals surface area contributed by atoms with E-state index < -0.39 is 17.9 Å². The summed E-state index contributed by atoms with van der Waals surface area (Å²) in [6.45, 7) is 4.18. The molecule has 0 heterocycles. The Morgan fingerprint density at radius 2 is 1.34 bits per heavy atom. The van der Waals surface area contributed by atoms with Gasteiger partial charge in [-0.2, -0.15) is 0 Å². The van der Waals surface area contributed by atoms with Gasteiger partial charge in [-0.15, -0.1) is 0 Å². The average molecular weight is 398 g/mol. The molecule has 0 unspecified atom stereocenters. The molecule has 0 spiro atoms. The molecule has 29 heavy (non-hydrogen) atoms. The van der Waals surface area contributed by atoms with E-state index >= 15 is 0 Å². The first-order chi connectivity index (χ1) is 14.1. The Kier molecular flexibility index (Phi) is 8.95. The van der Waals surface area contributed by atoms with E-state index in [0.29, 0.717) is 19.0 Å². The normalized spacial score (nSPS) is 9.93. The van der Waals surface area contributed by atoms with Crippen molar-refractivity contribution in [1.29, 1.82) is 0 Å². The van der Waals surface area contributed by atoms with E-state index in [2.05, 4.69) is 16.4 Å². The van der Waals surface area contributed by atoms with Crippen LogP contribution in [0.3, 0.4) is 0 Å². The first kappa shape index (κ1) is 21.7. The van der Waals surface area contributed by atoms with Crippen LogP contribution in [0.5, 0.6) is 5.75 Å². The Morgan fingerprint density at radius 3 is 1.97 bits per heavy atom. The van der Waals surface area contributed by atoms with Crippen LogP contribution in [-0.4, -0.2) is 31.1 Å². The van der Waals surface area contributed by atoms with Crippen LogP contribution in [0.1, 0.15) is 40.0 Å².